The molecule has 1 saturated heterocycles. The number of nitrogens with one attached hydrogen (secondary N) is 1. The molecule has 1 saturated carbocycles. The predicted molar refractivity (Wildman–Crippen MR) is 114 cm³/mol. The molecule has 1 aromatic carbocycles. The number of hydrogen-bond acceptors (Lipinski definition) is 5. The number of ether oxygens (including phenoxy) is 1. The summed E-state index contributed by atoms with van der Waals surface area (Å²) < 4.78 is 33.1. The SMILES string of the molecule is CCOc1ccc(NC(=O)C2CCCN2C(=O)C2CC2)cc1S(=O)(=O)N(CC)CC. The fourth-order valence-corrected chi connectivity index (χ4v) is 5.47. The largest absolute Gasteiger partial charge is 0.492 e. The van der Waals surface area contributed by atoms with Gasteiger partial charge in [0.05, 0.1) is 6.61 Å². The van der Waals surface area contributed by atoms with E-state index in [4.69, 9.17) is 4.74 Å². The summed E-state index contributed by atoms with van der Waals surface area (Å²) in [6, 6.07) is 4.13. The summed E-state index contributed by atoms with van der Waals surface area (Å²) in [5.74, 6) is 0.101. The molecule has 30 heavy (non-hydrogen) atoms. The minimum absolute atomic E-state index is 0.0307. The zero-order valence-corrected chi connectivity index (χ0v) is 18.7. The Hall–Kier alpha value is -2.13. The molecule has 1 unspecified atom stereocenters. The maximum absolute atomic E-state index is 13.1. The van der Waals surface area contributed by atoms with E-state index in [1.807, 2.05) is 0 Å². The van der Waals surface area contributed by atoms with E-state index in [1.165, 1.54) is 10.4 Å². The van der Waals surface area contributed by atoms with Crippen molar-refractivity contribution in [2.45, 2.75) is 57.4 Å². The van der Waals surface area contributed by atoms with Gasteiger partial charge in [0.1, 0.15) is 16.7 Å². The maximum Gasteiger partial charge on any atom is 0.247 e. The first-order valence-corrected chi connectivity index (χ1v) is 12.2. The van der Waals surface area contributed by atoms with Crippen LogP contribution in [0.4, 0.5) is 5.69 Å². The van der Waals surface area contributed by atoms with Crippen molar-refractivity contribution in [2.24, 2.45) is 5.92 Å². The zero-order valence-electron chi connectivity index (χ0n) is 17.9. The molecule has 1 aromatic rings. The van der Waals surface area contributed by atoms with E-state index < -0.39 is 16.1 Å². The van der Waals surface area contributed by atoms with Crippen molar-refractivity contribution in [3.05, 3.63) is 18.2 Å². The summed E-state index contributed by atoms with van der Waals surface area (Å²) in [6.45, 7) is 6.93. The van der Waals surface area contributed by atoms with Crippen LogP contribution in [0.25, 0.3) is 0 Å². The van der Waals surface area contributed by atoms with Crippen LogP contribution in [0.1, 0.15) is 46.5 Å². The van der Waals surface area contributed by atoms with Gasteiger partial charge in [-0.3, -0.25) is 9.59 Å². The number of anilines is 1. The highest BCUT2D eigenvalue weighted by atomic mass is 32.2. The van der Waals surface area contributed by atoms with Crippen LogP contribution in [0.15, 0.2) is 23.1 Å². The second kappa shape index (κ2) is 9.34. The average Bonchev–Trinajstić information content (AvgIpc) is 3.45. The molecule has 2 fully saturated rings. The minimum atomic E-state index is -3.77. The van der Waals surface area contributed by atoms with E-state index in [9.17, 15) is 18.0 Å². The first kappa shape index (κ1) is 22.6. The lowest BCUT2D eigenvalue weighted by Gasteiger charge is -2.24. The highest BCUT2D eigenvalue weighted by Gasteiger charge is 2.41. The minimum Gasteiger partial charge on any atom is -0.492 e. The van der Waals surface area contributed by atoms with Gasteiger partial charge < -0.3 is 15.0 Å². The third kappa shape index (κ3) is 4.62. The second-order valence-electron chi connectivity index (χ2n) is 7.64. The predicted octanol–water partition coefficient (Wildman–Crippen LogP) is 2.46. The molecule has 0 spiro atoms. The molecule has 3 rings (SSSR count). The highest BCUT2D eigenvalue weighted by molar-refractivity contribution is 7.89. The van der Waals surface area contributed by atoms with Gasteiger partial charge in [-0.1, -0.05) is 13.8 Å². The Labute approximate surface area is 178 Å². The molecule has 0 radical (unpaired) electrons. The number of carbonyl (C=O) groups excluding carboxylic acids is 2. The number of likely N-dealkylation sites (tertiary alicyclic amines) is 1. The normalized spacial score (nSPS) is 19.2. The Kier molecular flexibility index (Phi) is 7.02. The van der Waals surface area contributed by atoms with Gasteiger partial charge >= 0.3 is 0 Å². The van der Waals surface area contributed by atoms with Crippen LogP contribution in [-0.2, 0) is 19.6 Å². The van der Waals surface area contributed by atoms with Crippen molar-refractivity contribution in [1.29, 1.82) is 0 Å². The summed E-state index contributed by atoms with van der Waals surface area (Å²) in [5, 5.41) is 2.81. The summed E-state index contributed by atoms with van der Waals surface area (Å²) in [7, 11) is -3.77. The third-order valence-electron chi connectivity index (χ3n) is 5.60. The summed E-state index contributed by atoms with van der Waals surface area (Å²) in [5.41, 5.74) is 0.375. The summed E-state index contributed by atoms with van der Waals surface area (Å²) >= 11 is 0. The Bertz CT molecular complexity index is 894. The van der Waals surface area contributed by atoms with Crippen LogP contribution in [-0.4, -0.2) is 61.7 Å². The van der Waals surface area contributed by atoms with Crippen molar-refractivity contribution in [2.75, 3.05) is 31.6 Å². The smallest absolute Gasteiger partial charge is 0.247 e. The second-order valence-corrected chi connectivity index (χ2v) is 9.54. The Morgan fingerprint density at radius 2 is 1.87 bits per heavy atom. The van der Waals surface area contributed by atoms with Gasteiger partial charge in [0, 0.05) is 31.2 Å². The number of amides is 2. The number of rotatable bonds is 9. The molecular weight excluding hydrogens is 406 g/mol. The lowest BCUT2D eigenvalue weighted by Crippen LogP contribution is -2.43. The van der Waals surface area contributed by atoms with Gasteiger partial charge in [-0.05, 0) is 50.8 Å². The van der Waals surface area contributed by atoms with E-state index in [1.54, 1.807) is 37.8 Å². The zero-order chi connectivity index (χ0) is 21.9. The molecule has 8 nitrogen and oxygen atoms in total. The molecule has 2 aliphatic rings. The number of sulfonamides is 1. The van der Waals surface area contributed by atoms with E-state index in [-0.39, 0.29) is 28.4 Å². The topological polar surface area (TPSA) is 96.0 Å². The Morgan fingerprint density at radius 1 is 1.17 bits per heavy atom. The van der Waals surface area contributed by atoms with Crippen molar-refractivity contribution in [3.8, 4) is 5.75 Å². The fraction of sp³-hybridized carbons (Fsp3) is 0.619. The van der Waals surface area contributed by atoms with E-state index in [0.717, 1.165) is 19.3 Å². The van der Waals surface area contributed by atoms with Crippen LogP contribution in [0.3, 0.4) is 0 Å². The molecule has 0 aromatic heterocycles. The number of hydrogen-bond donors (Lipinski definition) is 1. The molecule has 166 valence electrons. The van der Waals surface area contributed by atoms with Gasteiger partial charge in [-0.2, -0.15) is 4.31 Å². The van der Waals surface area contributed by atoms with E-state index >= 15 is 0 Å². The van der Waals surface area contributed by atoms with Crippen LogP contribution in [0.5, 0.6) is 5.75 Å². The first-order chi connectivity index (χ1) is 14.3. The molecule has 1 atom stereocenters. The fourth-order valence-electron chi connectivity index (χ4n) is 3.86. The van der Waals surface area contributed by atoms with E-state index in [2.05, 4.69) is 5.32 Å². The monoisotopic (exact) mass is 437 g/mol. The van der Waals surface area contributed by atoms with Gasteiger partial charge in [0.15, 0.2) is 0 Å². The summed E-state index contributed by atoms with van der Waals surface area (Å²) in [4.78, 5) is 27.1. The van der Waals surface area contributed by atoms with Crippen LogP contribution < -0.4 is 10.1 Å². The van der Waals surface area contributed by atoms with Crippen molar-refractivity contribution < 1.29 is 22.7 Å². The van der Waals surface area contributed by atoms with Crippen LogP contribution in [0, 0.1) is 5.92 Å². The van der Waals surface area contributed by atoms with E-state index in [0.29, 0.717) is 38.3 Å². The molecule has 0 bridgehead atoms. The molecule has 1 heterocycles. The van der Waals surface area contributed by atoms with Gasteiger partial charge in [-0.15, -0.1) is 0 Å². The third-order valence-corrected chi connectivity index (χ3v) is 7.67. The highest BCUT2D eigenvalue weighted by Crippen LogP contribution is 2.34. The van der Waals surface area contributed by atoms with Gasteiger partial charge in [0.25, 0.3) is 0 Å². The lowest BCUT2D eigenvalue weighted by molar-refractivity contribution is -0.137. The standard InChI is InChI=1S/C21H31N3O5S/c1-4-23(5-2)30(27,28)19-14-16(11-12-18(19)29-6-3)22-20(25)17-8-7-13-24(17)21(26)15-9-10-15/h11-12,14-15,17H,4-10,13H2,1-3H3,(H,22,25). The van der Waals surface area contributed by atoms with Crippen molar-refractivity contribution in [1.82, 2.24) is 9.21 Å². The molecule has 1 N–H and O–H groups in total. The number of benzene rings is 1. The Balaban J connectivity index is 1.84. The van der Waals surface area contributed by atoms with Crippen molar-refractivity contribution >= 4 is 27.5 Å². The van der Waals surface area contributed by atoms with Crippen LogP contribution in [0.2, 0.25) is 0 Å². The van der Waals surface area contributed by atoms with Crippen LogP contribution >= 0.6 is 0 Å². The van der Waals surface area contributed by atoms with Gasteiger partial charge in [-0.25, -0.2) is 8.42 Å². The molecule has 9 heteroatoms. The lowest BCUT2D eigenvalue weighted by atomic mass is 10.2. The van der Waals surface area contributed by atoms with Gasteiger partial charge in [0.2, 0.25) is 21.8 Å². The number of carbonyl (C=O) groups is 2. The molecular formula is C21H31N3O5S. The quantitative estimate of drug-likeness (QED) is 0.640. The molecule has 1 aliphatic heterocycles. The Morgan fingerprint density at radius 3 is 2.47 bits per heavy atom. The average molecular weight is 438 g/mol. The molecule has 1 aliphatic carbocycles. The maximum atomic E-state index is 13.1. The number of nitrogens with zero attached hydrogens (tertiary/aromatic N) is 2. The first-order valence-electron chi connectivity index (χ1n) is 10.7. The van der Waals surface area contributed by atoms with Crippen molar-refractivity contribution in [3.63, 3.8) is 0 Å². The molecule has 2 amide bonds. The summed E-state index contributed by atoms with van der Waals surface area (Å²) in [6.07, 6.45) is 3.21.